The molecule has 0 unspecified atom stereocenters. The van der Waals surface area contributed by atoms with Crippen molar-refractivity contribution in [1.82, 2.24) is 4.98 Å². The van der Waals surface area contributed by atoms with Gasteiger partial charge in [-0.1, -0.05) is 12.1 Å². The molecule has 21 heavy (non-hydrogen) atoms. The molecule has 0 radical (unpaired) electrons. The normalized spacial score (nSPS) is 10.8. The first-order chi connectivity index (χ1) is 10.1. The Morgan fingerprint density at radius 2 is 1.95 bits per heavy atom. The van der Waals surface area contributed by atoms with Gasteiger partial charge in [0.25, 0.3) is 0 Å². The second-order valence-corrected chi connectivity index (χ2v) is 5.11. The van der Waals surface area contributed by atoms with Crippen LogP contribution >= 0.6 is 0 Å². The van der Waals surface area contributed by atoms with Gasteiger partial charge in [0.05, 0.1) is 12.7 Å². The zero-order chi connectivity index (χ0) is 14.8. The molecular formula is C17H16N2O2. The number of nitrogens with zero attached hydrogens (tertiary/aromatic N) is 1. The molecule has 2 heterocycles. The quantitative estimate of drug-likeness (QED) is 0.797. The molecule has 1 amide bonds. The largest absolute Gasteiger partial charge is 0.464 e. The zero-order valence-corrected chi connectivity index (χ0v) is 12.0. The molecule has 3 rings (SSSR count). The van der Waals surface area contributed by atoms with Crippen LogP contribution in [0.5, 0.6) is 0 Å². The van der Waals surface area contributed by atoms with Crippen molar-refractivity contribution in [3.8, 4) is 0 Å². The highest BCUT2D eigenvalue weighted by Crippen LogP contribution is 2.26. The van der Waals surface area contributed by atoms with Gasteiger partial charge in [-0.05, 0) is 37.1 Å². The van der Waals surface area contributed by atoms with E-state index >= 15 is 0 Å². The number of hydrogen-bond acceptors (Lipinski definition) is 3. The topological polar surface area (TPSA) is 55.1 Å². The maximum Gasteiger partial charge on any atom is 0.228 e. The van der Waals surface area contributed by atoms with Crippen molar-refractivity contribution < 1.29 is 9.21 Å². The lowest BCUT2D eigenvalue weighted by Crippen LogP contribution is -2.14. The van der Waals surface area contributed by atoms with Crippen molar-refractivity contribution in [1.29, 1.82) is 0 Å². The summed E-state index contributed by atoms with van der Waals surface area (Å²) in [5, 5.41) is 3.85. The minimum atomic E-state index is -0.0675. The number of nitrogens with one attached hydrogen (secondary N) is 1. The number of carbonyl (C=O) groups excluding carboxylic acids is 1. The molecule has 0 aliphatic carbocycles. The molecule has 0 fully saturated rings. The van der Waals surface area contributed by atoms with Crippen LogP contribution in [0, 0.1) is 13.8 Å². The van der Waals surface area contributed by atoms with Gasteiger partial charge in [0.2, 0.25) is 5.91 Å². The first-order valence-corrected chi connectivity index (χ1v) is 6.81. The Morgan fingerprint density at radius 3 is 2.71 bits per heavy atom. The fourth-order valence-corrected chi connectivity index (χ4v) is 2.34. The molecule has 4 nitrogen and oxygen atoms in total. The van der Waals surface area contributed by atoms with E-state index in [0.29, 0.717) is 0 Å². The van der Waals surface area contributed by atoms with Crippen LogP contribution in [0.4, 0.5) is 5.69 Å². The predicted molar refractivity (Wildman–Crippen MR) is 82.3 cm³/mol. The summed E-state index contributed by atoms with van der Waals surface area (Å²) < 4.78 is 5.62. The lowest BCUT2D eigenvalue weighted by atomic mass is 10.0. The summed E-state index contributed by atoms with van der Waals surface area (Å²) in [6, 6.07) is 7.59. The van der Waals surface area contributed by atoms with E-state index in [1.807, 2.05) is 19.9 Å². The van der Waals surface area contributed by atoms with Gasteiger partial charge in [0.1, 0.15) is 5.58 Å². The van der Waals surface area contributed by atoms with Crippen LogP contribution in [0.2, 0.25) is 0 Å². The van der Waals surface area contributed by atoms with Gasteiger partial charge in [-0.15, -0.1) is 0 Å². The van der Waals surface area contributed by atoms with Crippen LogP contribution in [0.1, 0.15) is 16.7 Å². The van der Waals surface area contributed by atoms with E-state index in [9.17, 15) is 4.79 Å². The number of hydrogen-bond donors (Lipinski definition) is 1. The van der Waals surface area contributed by atoms with E-state index in [0.717, 1.165) is 27.8 Å². The number of rotatable bonds is 3. The zero-order valence-electron chi connectivity index (χ0n) is 12.0. The summed E-state index contributed by atoms with van der Waals surface area (Å²) in [7, 11) is 0. The van der Waals surface area contributed by atoms with E-state index in [-0.39, 0.29) is 12.3 Å². The molecule has 0 aliphatic rings. The molecule has 106 valence electrons. The van der Waals surface area contributed by atoms with Crippen LogP contribution < -0.4 is 5.32 Å². The van der Waals surface area contributed by atoms with Crippen LogP contribution in [0.25, 0.3) is 11.0 Å². The predicted octanol–water partition coefficient (Wildman–Crippen LogP) is 3.63. The number of carbonyl (C=O) groups is 1. The van der Waals surface area contributed by atoms with E-state index < -0.39 is 0 Å². The van der Waals surface area contributed by atoms with Crippen molar-refractivity contribution >= 4 is 22.6 Å². The summed E-state index contributed by atoms with van der Waals surface area (Å²) in [4.78, 5) is 16.0. The van der Waals surface area contributed by atoms with Gasteiger partial charge in [0.15, 0.2) is 0 Å². The summed E-state index contributed by atoms with van der Waals surface area (Å²) in [5.41, 5.74) is 4.81. The van der Waals surface area contributed by atoms with Gasteiger partial charge >= 0.3 is 0 Å². The molecular weight excluding hydrogens is 264 g/mol. The number of aromatic nitrogens is 1. The van der Waals surface area contributed by atoms with E-state index in [1.165, 1.54) is 5.56 Å². The first-order valence-electron chi connectivity index (χ1n) is 6.81. The van der Waals surface area contributed by atoms with Gasteiger partial charge in [0, 0.05) is 29.0 Å². The van der Waals surface area contributed by atoms with E-state index in [4.69, 9.17) is 4.42 Å². The Labute approximate surface area is 122 Å². The summed E-state index contributed by atoms with van der Waals surface area (Å²) >= 11 is 0. The molecule has 0 saturated heterocycles. The van der Waals surface area contributed by atoms with Crippen molar-refractivity contribution in [3.05, 3.63) is 59.6 Å². The number of aryl methyl sites for hydroxylation is 2. The average Bonchev–Trinajstić information content (AvgIpc) is 2.87. The van der Waals surface area contributed by atoms with Crippen molar-refractivity contribution in [2.45, 2.75) is 20.3 Å². The number of fused-ring (bicyclic) bond motifs is 1. The van der Waals surface area contributed by atoms with Gasteiger partial charge in [-0.2, -0.15) is 0 Å². The summed E-state index contributed by atoms with van der Waals surface area (Å²) in [5.74, 6) is -0.0675. The fourth-order valence-electron chi connectivity index (χ4n) is 2.34. The lowest BCUT2D eigenvalue weighted by molar-refractivity contribution is -0.115. The fraction of sp³-hybridized carbons (Fsp3) is 0.176. The number of benzene rings is 1. The van der Waals surface area contributed by atoms with Crippen molar-refractivity contribution in [2.75, 3.05) is 5.32 Å². The second kappa shape index (κ2) is 5.40. The Morgan fingerprint density at radius 1 is 1.19 bits per heavy atom. The molecule has 3 aromatic rings. The van der Waals surface area contributed by atoms with Gasteiger partial charge < -0.3 is 9.73 Å². The van der Waals surface area contributed by atoms with Gasteiger partial charge in [-0.3, -0.25) is 9.78 Å². The number of anilines is 1. The highest BCUT2D eigenvalue weighted by atomic mass is 16.3. The van der Waals surface area contributed by atoms with E-state index in [1.54, 1.807) is 30.8 Å². The highest BCUT2D eigenvalue weighted by molar-refractivity contribution is 5.95. The molecule has 1 N–H and O–H groups in total. The number of pyridine rings is 1. The summed E-state index contributed by atoms with van der Waals surface area (Å²) in [6.07, 6.45) is 5.26. The third-order valence-electron chi connectivity index (χ3n) is 3.66. The SMILES string of the molecule is Cc1ccc2c(CC(=O)Nc3ccncc3)coc2c1C. The third-order valence-corrected chi connectivity index (χ3v) is 3.66. The van der Waals surface area contributed by atoms with Crippen molar-refractivity contribution in [3.63, 3.8) is 0 Å². The standard InChI is InChI=1S/C17H16N2O2/c1-11-3-4-15-13(10-21-17(15)12(11)2)9-16(20)19-14-5-7-18-8-6-14/h3-8,10H,9H2,1-2H3,(H,18,19,20). The summed E-state index contributed by atoms with van der Waals surface area (Å²) in [6.45, 7) is 4.08. The smallest absolute Gasteiger partial charge is 0.228 e. The van der Waals surface area contributed by atoms with Crippen LogP contribution in [-0.2, 0) is 11.2 Å². The third kappa shape index (κ3) is 2.65. The maximum absolute atomic E-state index is 12.1. The lowest BCUT2D eigenvalue weighted by Gasteiger charge is -2.04. The van der Waals surface area contributed by atoms with Crippen molar-refractivity contribution in [2.24, 2.45) is 0 Å². The van der Waals surface area contributed by atoms with Crippen LogP contribution in [-0.4, -0.2) is 10.9 Å². The maximum atomic E-state index is 12.1. The highest BCUT2D eigenvalue weighted by Gasteiger charge is 2.12. The number of furan rings is 1. The molecule has 0 aliphatic heterocycles. The Hall–Kier alpha value is -2.62. The Kier molecular flexibility index (Phi) is 3.44. The Balaban J connectivity index is 1.82. The monoisotopic (exact) mass is 280 g/mol. The van der Waals surface area contributed by atoms with Crippen LogP contribution in [0.3, 0.4) is 0 Å². The van der Waals surface area contributed by atoms with Crippen LogP contribution in [0.15, 0.2) is 47.3 Å². The molecule has 0 atom stereocenters. The molecule has 0 spiro atoms. The Bertz CT molecular complexity index is 791. The van der Waals surface area contributed by atoms with Gasteiger partial charge in [-0.25, -0.2) is 0 Å². The minimum absolute atomic E-state index is 0.0675. The molecule has 4 heteroatoms. The minimum Gasteiger partial charge on any atom is -0.464 e. The molecule has 0 bridgehead atoms. The number of amides is 1. The second-order valence-electron chi connectivity index (χ2n) is 5.11. The first kappa shape index (κ1) is 13.4. The molecule has 1 aromatic carbocycles. The molecule has 2 aromatic heterocycles. The van der Waals surface area contributed by atoms with E-state index in [2.05, 4.69) is 16.4 Å². The average molecular weight is 280 g/mol. The molecule has 0 saturated carbocycles.